The Kier molecular flexibility index (Phi) is 4.39. The van der Waals surface area contributed by atoms with Crippen LogP contribution in [0.15, 0.2) is 18.2 Å². The summed E-state index contributed by atoms with van der Waals surface area (Å²) in [5.41, 5.74) is 7.36. The summed E-state index contributed by atoms with van der Waals surface area (Å²) in [5.74, 6) is 1.45. The maximum atomic E-state index is 6.25. The summed E-state index contributed by atoms with van der Waals surface area (Å²) in [4.78, 5) is 0. The minimum absolute atomic E-state index is 0.587. The lowest BCUT2D eigenvalue weighted by Crippen LogP contribution is -2.12. The van der Waals surface area contributed by atoms with Crippen LogP contribution in [0.2, 0.25) is 5.02 Å². The molecule has 1 aromatic carbocycles. The fourth-order valence-electron chi connectivity index (χ4n) is 3.09. The monoisotopic (exact) mass is 305 g/mol. The van der Waals surface area contributed by atoms with E-state index in [1.54, 1.807) is 0 Å². The first-order valence-electron chi connectivity index (χ1n) is 7.56. The maximum absolute atomic E-state index is 6.25. The van der Waals surface area contributed by atoms with Crippen LogP contribution in [-0.4, -0.2) is 20.2 Å². The molecule has 0 spiro atoms. The number of benzene rings is 1. The van der Waals surface area contributed by atoms with Gasteiger partial charge in [-0.05, 0) is 34.9 Å². The minimum Gasteiger partial charge on any atom is -0.398 e. The lowest BCUT2D eigenvalue weighted by Gasteiger charge is -2.21. The van der Waals surface area contributed by atoms with Crippen LogP contribution in [0.3, 0.4) is 0 Å². The molecule has 1 aliphatic rings. The van der Waals surface area contributed by atoms with E-state index in [2.05, 4.69) is 15.5 Å². The van der Waals surface area contributed by atoms with Crippen molar-refractivity contribution in [1.82, 2.24) is 20.2 Å². The van der Waals surface area contributed by atoms with Gasteiger partial charge in [0.25, 0.3) is 0 Å². The van der Waals surface area contributed by atoms with E-state index >= 15 is 0 Å². The summed E-state index contributed by atoms with van der Waals surface area (Å²) in [7, 11) is 0. The molecule has 0 saturated heterocycles. The van der Waals surface area contributed by atoms with Crippen LogP contribution >= 0.6 is 11.6 Å². The van der Waals surface area contributed by atoms with Crippen molar-refractivity contribution in [3.63, 3.8) is 0 Å². The molecule has 1 heterocycles. The van der Waals surface area contributed by atoms with Crippen LogP contribution in [0.4, 0.5) is 5.69 Å². The number of hydrogen-bond acceptors (Lipinski definition) is 4. The molecule has 2 aromatic rings. The molecule has 0 unspecified atom stereocenters. The number of nitrogens with zero attached hydrogens (tertiary/aromatic N) is 4. The van der Waals surface area contributed by atoms with Gasteiger partial charge in [0.15, 0.2) is 5.82 Å². The van der Waals surface area contributed by atoms with Gasteiger partial charge in [-0.3, -0.25) is 0 Å². The van der Waals surface area contributed by atoms with E-state index < -0.39 is 0 Å². The third kappa shape index (κ3) is 3.18. The Labute approximate surface area is 129 Å². The maximum Gasteiger partial charge on any atom is 0.185 e. The lowest BCUT2D eigenvalue weighted by atomic mass is 9.87. The van der Waals surface area contributed by atoms with Crippen LogP contribution in [0.5, 0.6) is 0 Å². The highest BCUT2D eigenvalue weighted by atomic mass is 35.5. The first-order chi connectivity index (χ1) is 10.3. The van der Waals surface area contributed by atoms with Crippen LogP contribution in [-0.2, 0) is 6.54 Å². The molecule has 6 heteroatoms. The fraction of sp³-hybridized carbons (Fsp3) is 0.533. The van der Waals surface area contributed by atoms with Crippen molar-refractivity contribution in [2.24, 2.45) is 5.92 Å². The summed E-state index contributed by atoms with van der Waals surface area (Å²) in [6, 6.07) is 5.46. The molecule has 1 saturated carbocycles. The van der Waals surface area contributed by atoms with Crippen LogP contribution < -0.4 is 5.73 Å². The second-order valence-electron chi connectivity index (χ2n) is 5.72. The predicted octanol–water partition coefficient (Wildman–Crippen LogP) is 3.55. The van der Waals surface area contributed by atoms with Gasteiger partial charge < -0.3 is 5.73 Å². The second-order valence-corrected chi connectivity index (χ2v) is 6.13. The van der Waals surface area contributed by atoms with Crippen LogP contribution in [0.1, 0.15) is 38.5 Å². The SMILES string of the molecule is Nc1cccc(Cl)c1-c1nnnn1CCC1CCCCC1. The molecule has 2 N–H and O–H groups in total. The number of anilines is 1. The molecular weight excluding hydrogens is 286 g/mol. The van der Waals surface area contributed by atoms with E-state index in [0.29, 0.717) is 16.5 Å². The summed E-state index contributed by atoms with van der Waals surface area (Å²) < 4.78 is 1.83. The van der Waals surface area contributed by atoms with Crippen molar-refractivity contribution in [2.75, 3.05) is 5.73 Å². The van der Waals surface area contributed by atoms with E-state index in [4.69, 9.17) is 17.3 Å². The number of nitrogens with two attached hydrogens (primary N) is 1. The van der Waals surface area contributed by atoms with Crippen molar-refractivity contribution in [3.8, 4) is 11.4 Å². The average molecular weight is 306 g/mol. The molecule has 3 rings (SSSR count). The smallest absolute Gasteiger partial charge is 0.185 e. The Morgan fingerprint density at radius 3 is 2.81 bits per heavy atom. The lowest BCUT2D eigenvalue weighted by molar-refractivity contribution is 0.318. The molecule has 5 nitrogen and oxygen atoms in total. The molecule has 21 heavy (non-hydrogen) atoms. The van der Waals surface area contributed by atoms with Gasteiger partial charge >= 0.3 is 0 Å². The van der Waals surface area contributed by atoms with Crippen molar-refractivity contribution in [3.05, 3.63) is 23.2 Å². The molecule has 0 atom stereocenters. The molecule has 112 valence electrons. The van der Waals surface area contributed by atoms with E-state index in [1.807, 2.05) is 22.9 Å². The van der Waals surface area contributed by atoms with Crippen molar-refractivity contribution < 1.29 is 0 Å². The standard InChI is InChI=1S/C15H20ClN5/c16-12-7-4-8-13(17)14(12)15-18-19-20-21(15)10-9-11-5-2-1-3-6-11/h4,7-8,11H,1-3,5-6,9-10,17H2. The van der Waals surface area contributed by atoms with Crippen molar-refractivity contribution >= 4 is 17.3 Å². The number of hydrogen-bond donors (Lipinski definition) is 1. The quantitative estimate of drug-likeness (QED) is 0.877. The number of aryl methyl sites for hydroxylation is 1. The zero-order valence-corrected chi connectivity index (χ0v) is 12.8. The number of rotatable bonds is 4. The average Bonchev–Trinajstić information content (AvgIpc) is 2.94. The number of halogens is 1. The highest BCUT2D eigenvalue weighted by molar-refractivity contribution is 6.33. The summed E-state index contributed by atoms with van der Waals surface area (Å²) in [6.45, 7) is 0.817. The van der Waals surface area contributed by atoms with E-state index in [-0.39, 0.29) is 0 Å². The second kappa shape index (κ2) is 6.43. The first-order valence-corrected chi connectivity index (χ1v) is 7.94. The molecule has 1 aliphatic carbocycles. The van der Waals surface area contributed by atoms with Crippen molar-refractivity contribution in [2.45, 2.75) is 45.1 Å². The minimum atomic E-state index is 0.587. The zero-order chi connectivity index (χ0) is 14.7. The summed E-state index contributed by atoms with van der Waals surface area (Å²) in [6.07, 6.45) is 7.84. The largest absolute Gasteiger partial charge is 0.398 e. The van der Waals surface area contributed by atoms with Gasteiger partial charge in [-0.1, -0.05) is 49.8 Å². The molecule has 0 aliphatic heterocycles. The third-order valence-corrected chi connectivity index (χ3v) is 4.59. The summed E-state index contributed by atoms with van der Waals surface area (Å²) >= 11 is 6.25. The Morgan fingerprint density at radius 2 is 2.05 bits per heavy atom. The topological polar surface area (TPSA) is 69.6 Å². The van der Waals surface area contributed by atoms with E-state index in [9.17, 15) is 0 Å². The van der Waals surface area contributed by atoms with Crippen LogP contribution in [0, 0.1) is 5.92 Å². The molecular formula is C15H20ClN5. The Balaban J connectivity index is 1.77. The first kappa shape index (κ1) is 14.3. The molecule has 0 radical (unpaired) electrons. The molecule has 1 fully saturated rings. The van der Waals surface area contributed by atoms with Gasteiger partial charge in [0.1, 0.15) is 0 Å². The molecule has 1 aromatic heterocycles. The van der Waals surface area contributed by atoms with Gasteiger partial charge in [0.05, 0.1) is 10.6 Å². The van der Waals surface area contributed by atoms with Gasteiger partial charge in [0, 0.05) is 12.2 Å². The molecule has 0 amide bonds. The normalized spacial score (nSPS) is 16.2. The zero-order valence-electron chi connectivity index (χ0n) is 12.0. The van der Waals surface area contributed by atoms with Gasteiger partial charge in [-0.25, -0.2) is 4.68 Å². The number of aromatic nitrogens is 4. The van der Waals surface area contributed by atoms with Gasteiger partial charge in [0.2, 0.25) is 0 Å². The van der Waals surface area contributed by atoms with Gasteiger partial charge in [-0.2, -0.15) is 0 Å². The number of tetrazole rings is 1. The van der Waals surface area contributed by atoms with Crippen LogP contribution in [0.25, 0.3) is 11.4 Å². The van der Waals surface area contributed by atoms with Gasteiger partial charge in [-0.15, -0.1) is 5.10 Å². The highest BCUT2D eigenvalue weighted by Crippen LogP contribution is 2.32. The third-order valence-electron chi connectivity index (χ3n) is 4.28. The Morgan fingerprint density at radius 1 is 1.24 bits per heavy atom. The molecule has 0 bridgehead atoms. The van der Waals surface area contributed by atoms with Crippen molar-refractivity contribution in [1.29, 1.82) is 0 Å². The Bertz CT molecular complexity index is 584. The Hall–Kier alpha value is -1.62. The van der Waals surface area contributed by atoms with E-state index in [0.717, 1.165) is 24.4 Å². The number of nitrogen functional groups attached to an aromatic ring is 1. The summed E-state index contributed by atoms with van der Waals surface area (Å²) in [5, 5.41) is 12.6. The fourth-order valence-corrected chi connectivity index (χ4v) is 3.36. The predicted molar refractivity (Wildman–Crippen MR) is 83.9 cm³/mol. The highest BCUT2D eigenvalue weighted by Gasteiger charge is 2.18. The van der Waals surface area contributed by atoms with E-state index in [1.165, 1.54) is 32.1 Å².